The minimum atomic E-state index is -3.71. The largest absolute Gasteiger partial charge is 0.360 e. The highest BCUT2D eigenvalue weighted by Gasteiger charge is 2.23. The normalized spacial score (nSPS) is 15.2. The molecule has 7 nitrogen and oxygen atoms in total. The molecule has 24 heavy (non-hydrogen) atoms. The number of carbonyl (C=O) groups is 1. The summed E-state index contributed by atoms with van der Waals surface area (Å²) in [5.41, 5.74) is 1.71. The smallest absolute Gasteiger partial charge is 0.245 e. The van der Waals surface area contributed by atoms with E-state index in [1.165, 1.54) is 18.4 Å². The quantitative estimate of drug-likeness (QED) is 0.694. The van der Waals surface area contributed by atoms with Crippen LogP contribution in [0.15, 0.2) is 21.1 Å². The molecule has 2 N–H and O–H groups in total. The molecule has 1 aromatic heterocycles. The Morgan fingerprint density at radius 3 is 2.71 bits per heavy atom. The van der Waals surface area contributed by atoms with Gasteiger partial charge in [0.05, 0.1) is 0 Å². The van der Waals surface area contributed by atoms with Gasteiger partial charge in [0, 0.05) is 19.5 Å². The first-order valence-corrected chi connectivity index (χ1v) is 9.75. The van der Waals surface area contributed by atoms with Gasteiger partial charge in [-0.3, -0.25) is 4.79 Å². The molecule has 0 radical (unpaired) electrons. The van der Waals surface area contributed by atoms with Crippen molar-refractivity contribution in [3.8, 4) is 0 Å². The number of amides is 1. The molecule has 134 valence electrons. The van der Waals surface area contributed by atoms with Gasteiger partial charge in [-0.1, -0.05) is 16.8 Å². The minimum absolute atomic E-state index is 0.0426. The fraction of sp³-hybridized carbons (Fsp3) is 0.625. The molecule has 0 aliphatic heterocycles. The van der Waals surface area contributed by atoms with Crippen molar-refractivity contribution in [2.24, 2.45) is 0 Å². The maximum Gasteiger partial charge on any atom is 0.245 e. The number of rotatable bonds is 8. The van der Waals surface area contributed by atoms with Gasteiger partial charge >= 0.3 is 0 Å². The summed E-state index contributed by atoms with van der Waals surface area (Å²) in [6.07, 6.45) is 7.95. The Kier molecular flexibility index (Phi) is 6.56. The average molecular weight is 355 g/mol. The Balaban J connectivity index is 1.71. The molecule has 0 unspecified atom stereocenters. The van der Waals surface area contributed by atoms with Crippen molar-refractivity contribution in [3.63, 3.8) is 0 Å². The van der Waals surface area contributed by atoms with Crippen molar-refractivity contribution in [1.29, 1.82) is 0 Å². The van der Waals surface area contributed by atoms with Crippen LogP contribution < -0.4 is 10.0 Å². The molecule has 1 aromatic rings. The molecule has 0 atom stereocenters. The molecule has 1 aliphatic carbocycles. The van der Waals surface area contributed by atoms with E-state index < -0.39 is 10.0 Å². The van der Waals surface area contributed by atoms with Crippen molar-refractivity contribution in [1.82, 2.24) is 15.2 Å². The maximum absolute atomic E-state index is 12.2. The van der Waals surface area contributed by atoms with Gasteiger partial charge in [-0.15, -0.1) is 0 Å². The lowest BCUT2D eigenvalue weighted by Crippen LogP contribution is -2.31. The van der Waals surface area contributed by atoms with Gasteiger partial charge in [0.25, 0.3) is 0 Å². The zero-order chi connectivity index (χ0) is 17.6. The van der Waals surface area contributed by atoms with Crippen LogP contribution in [0.3, 0.4) is 0 Å². The molecule has 0 spiro atoms. The van der Waals surface area contributed by atoms with Crippen molar-refractivity contribution >= 4 is 15.9 Å². The fourth-order valence-electron chi connectivity index (χ4n) is 2.81. The number of allylic oxidation sites excluding steroid dienone is 1. The summed E-state index contributed by atoms with van der Waals surface area (Å²) in [5.74, 6) is 0.0816. The first kappa shape index (κ1) is 18.7. The van der Waals surface area contributed by atoms with Gasteiger partial charge in [-0.2, -0.15) is 0 Å². The van der Waals surface area contributed by atoms with E-state index in [0.29, 0.717) is 12.2 Å². The second-order valence-corrected chi connectivity index (χ2v) is 7.71. The Hall–Kier alpha value is -1.67. The van der Waals surface area contributed by atoms with E-state index in [1.807, 2.05) is 0 Å². The van der Waals surface area contributed by atoms with Gasteiger partial charge in [0.1, 0.15) is 10.6 Å². The van der Waals surface area contributed by atoms with Crippen LogP contribution in [0.5, 0.6) is 0 Å². The number of aryl methyl sites for hydroxylation is 2. The first-order chi connectivity index (χ1) is 11.4. The molecule has 0 bridgehead atoms. The van der Waals surface area contributed by atoms with Gasteiger partial charge in [0.15, 0.2) is 5.76 Å². The van der Waals surface area contributed by atoms with E-state index >= 15 is 0 Å². The molecule has 0 fully saturated rings. The minimum Gasteiger partial charge on any atom is -0.360 e. The number of hydrogen-bond acceptors (Lipinski definition) is 5. The predicted octanol–water partition coefficient (Wildman–Crippen LogP) is 1.97. The lowest BCUT2D eigenvalue weighted by molar-refractivity contribution is -0.120. The zero-order valence-electron chi connectivity index (χ0n) is 14.2. The Morgan fingerprint density at radius 1 is 1.29 bits per heavy atom. The van der Waals surface area contributed by atoms with Gasteiger partial charge in [-0.05, 0) is 46.0 Å². The number of hydrogen-bond donors (Lipinski definition) is 2. The van der Waals surface area contributed by atoms with Crippen LogP contribution in [0.1, 0.15) is 50.0 Å². The summed E-state index contributed by atoms with van der Waals surface area (Å²) in [6, 6.07) is 0. The third-order valence-electron chi connectivity index (χ3n) is 4.03. The number of nitrogens with one attached hydrogen (secondary N) is 2. The third-order valence-corrected chi connectivity index (χ3v) is 5.74. The lowest BCUT2D eigenvalue weighted by atomic mass is 9.97. The van der Waals surface area contributed by atoms with Crippen molar-refractivity contribution in [2.75, 3.05) is 13.1 Å². The van der Waals surface area contributed by atoms with Crippen molar-refractivity contribution in [2.45, 2.75) is 57.3 Å². The SMILES string of the molecule is Cc1noc(C)c1S(=O)(=O)NCCC(=O)NCCC1=CCCCC1. The van der Waals surface area contributed by atoms with Gasteiger partial charge < -0.3 is 9.84 Å². The molecular weight excluding hydrogens is 330 g/mol. The van der Waals surface area contributed by atoms with Gasteiger partial charge in [0.2, 0.25) is 15.9 Å². The van der Waals surface area contributed by atoms with Gasteiger partial charge in [-0.25, -0.2) is 13.1 Å². The number of sulfonamides is 1. The number of carbonyl (C=O) groups excluding carboxylic acids is 1. The Labute approximate surface area is 142 Å². The third kappa shape index (κ3) is 5.17. The highest BCUT2D eigenvalue weighted by atomic mass is 32.2. The van der Waals surface area contributed by atoms with Crippen LogP contribution in [0.2, 0.25) is 0 Å². The Morgan fingerprint density at radius 2 is 2.08 bits per heavy atom. The lowest BCUT2D eigenvalue weighted by Gasteiger charge is -2.13. The van der Waals surface area contributed by atoms with Crippen LogP contribution in [0.4, 0.5) is 0 Å². The van der Waals surface area contributed by atoms with E-state index in [-0.39, 0.29) is 29.5 Å². The second-order valence-electron chi connectivity index (χ2n) is 6.01. The molecule has 1 aliphatic rings. The maximum atomic E-state index is 12.2. The summed E-state index contributed by atoms with van der Waals surface area (Å²) in [5, 5.41) is 6.46. The van der Waals surface area contributed by atoms with Crippen molar-refractivity contribution < 1.29 is 17.7 Å². The molecule has 8 heteroatoms. The number of aromatic nitrogens is 1. The first-order valence-electron chi connectivity index (χ1n) is 8.27. The zero-order valence-corrected chi connectivity index (χ0v) is 15.0. The summed E-state index contributed by atoms with van der Waals surface area (Å²) >= 11 is 0. The van der Waals surface area contributed by atoms with Crippen LogP contribution in [0, 0.1) is 13.8 Å². The highest BCUT2D eigenvalue weighted by molar-refractivity contribution is 7.89. The second kappa shape index (κ2) is 8.43. The number of nitrogens with zero attached hydrogens (tertiary/aromatic N) is 1. The van der Waals surface area contributed by atoms with E-state index in [1.54, 1.807) is 13.8 Å². The molecule has 2 rings (SSSR count). The molecule has 0 saturated heterocycles. The Bertz CT molecular complexity index is 687. The molecule has 1 heterocycles. The molecule has 0 saturated carbocycles. The standard InChI is InChI=1S/C16H25N3O4S/c1-12-16(13(2)23-19-12)24(21,22)18-11-9-15(20)17-10-8-14-6-4-3-5-7-14/h6,18H,3-5,7-11H2,1-2H3,(H,17,20). The average Bonchev–Trinajstić information content (AvgIpc) is 2.88. The topological polar surface area (TPSA) is 101 Å². The van der Waals surface area contributed by atoms with E-state index in [9.17, 15) is 13.2 Å². The summed E-state index contributed by atoms with van der Waals surface area (Å²) in [6.45, 7) is 3.75. The van der Waals surface area contributed by atoms with Crippen LogP contribution >= 0.6 is 0 Å². The molecule has 0 aromatic carbocycles. The fourth-order valence-corrected chi connectivity index (χ4v) is 4.17. The van der Waals surface area contributed by atoms with E-state index in [0.717, 1.165) is 19.3 Å². The summed E-state index contributed by atoms with van der Waals surface area (Å²) in [7, 11) is -3.71. The van der Waals surface area contributed by atoms with Crippen LogP contribution in [-0.4, -0.2) is 32.6 Å². The van der Waals surface area contributed by atoms with Crippen molar-refractivity contribution in [3.05, 3.63) is 23.1 Å². The van der Waals surface area contributed by atoms with E-state index in [2.05, 4.69) is 21.3 Å². The summed E-state index contributed by atoms with van der Waals surface area (Å²) in [4.78, 5) is 11.8. The van der Waals surface area contributed by atoms with Crippen LogP contribution in [-0.2, 0) is 14.8 Å². The highest BCUT2D eigenvalue weighted by Crippen LogP contribution is 2.19. The molecule has 1 amide bonds. The predicted molar refractivity (Wildman–Crippen MR) is 90.0 cm³/mol. The molecular formula is C16H25N3O4S. The van der Waals surface area contributed by atoms with E-state index in [4.69, 9.17) is 4.52 Å². The summed E-state index contributed by atoms with van der Waals surface area (Å²) < 4.78 is 31.7. The van der Waals surface area contributed by atoms with Crippen LogP contribution in [0.25, 0.3) is 0 Å². The monoisotopic (exact) mass is 355 g/mol.